The van der Waals surface area contributed by atoms with Crippen molar-refractivity contribution in [3.8, 4) is 16.9 Å². The molecule has 0 N–H and O–H groups in total. The van der Waals surface area contributed by atoms with Crippen molar-refractivity contribution in [2.75, 3.05) is 6.61 Å². The second-order valence-corrected chi connectivity index (χ2v) is 6.76. The summed E-state index contributed by atoms with van der Waals surface area (Å²) < 4.78 is 12.9. The molecule has 2 aliphatic rings. The molecule has 116 valence electrons. The van der Waals surface area contributed by atoms with Crippen LogP contribution in [-0.2, 0) is 4.74 Å². The zero-order valence-electron chi connectivity index (χ0n) is 13.6. The molecule has 0 spiro atoms. The summed E-state index contributed by atoms with van der Waals surface area (Å²) in [5, 5.41) is 3.40. The van der Waals surface area contributed by atoms with Crippen molar-refractivity contribution in [1.82, 2.24) is 0 Å². The highest BCUT2D eigenvalue weighted by Crippen LogP contribution is 2.43. The standard InChI is InChI=1S/C19H22O2S/c1-5-20-13(4)21-17-7-6-14(12(2)3)10-15-11-18-16(19(15)17)8-9-22-18/h6-13H,5H2,1-4H3. The topological polar surface area (TPSA) is 18.5 Å². The number of hydrogen-bond donors (Lipinski definition) is 0. The third-order valence-electron chi connectivity index (χ3n) is 3.90. The highest BCUT2D eigenvalue weighted by atomic mass is 32.1. The Balaban J connectivity index is 2.16. The normalized spacial score (nSPS) is 13.1. The first-order valence-electron chi connectivity index (χ1n) is 7.82. The fourth-order valence-corrected chi connectivity index (χ4v) is 3.63. The average molecular weight is 314 g/mol. The van der Waals surface area contributed by atoms with Crippen LogP contribution >= 0.6 is 11.3 Å². The van der Waals surface area contributed by atoms with Gasteiger partial charge in [-0.15, -0.1) is 11.3 Å². The predicted molar refractivity (Wildman–Crippen MR) is 94.3 cm³/mol. The van der Waals surface area contributed by atoms with E-state index in [9.17, 15) is 0 Å². The van der Waals surface area contributed by atoms with Crippen LogP contribution < -0.4 is 4.74 Å². The highest BCUT2D eigenvalue weighted by molar-refractivity contribution is 7.17. The molecule has 1 heterocycles. The lowest BCUT2D eigenvalue weighted by molar-refractivity contribution is -0.0609. The molecule has 2 aliphatic carbocycles. The summed E-state index contributed by atoms with van der Waals surface area (Å²) in [4.78, 5) is 0. The van der Waals surface area contributed by atoms with Crippen molar-refractivity contribution >= 4 is 21.4 Å². The van der Waals surface area contributed by atoms with Gasteiger partial charge in [0.2, 0.25) is 0 Å². The predicted octanol–water partition coefficient (Wildman–Crippen LogP) is 5.89. The minimum Gasteiger partial charge on any atom is -0.465 e. The molecule has 1 atom stereocenters. The molecule has 1 aromatic rings. The van der Waals surface area contributed by atoms with Crippen LogP contribution in [-0.4, -0.2) is 12.9 Å². The molecule has 2 nitrogen and oxygen atoms in total. The van der Waals surface area contributed by atoms with Crippen molar-refractivity contribution in [3.05, 3.63) is 41.3 Å². The van der Waals surface area contributed by atoms with Gasteiger partial charge in [0.15, 0.2) is 6.29 Å². The van der Waals surface area contributed by atoms with Gasteiger partial charge in [-0.05, 0) is 54.5 Å². The Kier molecular flexibility index (Phi) is 4.37. The zero-order chi connectivity index (χ0) is 15.7. The molecule has 0 bridgehead atoms. The molecule has 0 saturated carbocycles. The first kappa shape index (κ1) is 15.3. The van der Waals surface area contributed by atoms with Crippen LogP contribution in [0, 0.1) is 0 Å². The number of fused-ring (bicyclic) bond motifs is 3. The molecule has 0 fully saturated rings. The van der Waals surface area contributed by atoms with E-state index in [0.717, 1.165) is 5.75 Å². The van der Waals surface area contributed by atoms with Crippen LogP contribution in [0.1, 0.15) is 39.2 Å². The maximum Gasteiger partial charge on any atom is 0.196 e. The van der Waals surface area contributed by atoms with E-state index < -0.39 is 0 Å². The zero-order valence-corrected chi connectivity index (χ0v) is 14.4. The van der Waals surface area contributed by atoms with E-state index in [2.05, 4.69) is 49.6 Å². The van der Waals surface area contributed by atoms with Gasteiger partial charge in [0.25, 0.3) is 0 Å². The van der Waals surface area contributed by atoms with Crippen molar-refractivity contribution in [1.29, 1.82) is 0 Å². The molecule has 0 saturated heterocycles. The van der Waals surface area contributed by atoms with Gasteiger partial charge in [-0.25, -0.2) is 0 Å². The SMILES string of the molecule is CCOC(C)Oc1ccc(C(C)C)cc2cc3sccc3c1-2. The van der Waals surface area contributed by atoms with E-state index in [0.29, 0.717) is 12.5 Å². The molecule has 0 radical (unpaired) electrons. The largest absolute Gasteiger partial charge is 0.465 e. The molecule has 0 aromatic carbocycles. The van der Waals surface area contributed by atoms with Gasteiger partial charge in [-0.2, -0.15) is 0 Å². The second kappa shape index (κ2) is 6.27. The van der Waals surface area contributed by atoms with E-state index in [1.165, 1.54) is 26.8 Å². The Morgan fingerprint density at radius 3 is 2.64 bits per heavy atom. The van der Waals surface area contributed by atoms with Crippen LogP contribution in [0.5, 0.6) is 5.75 Å². The van der Waals surface area contributed by atoms with Crippen LogP contribution in [0.3, 0.4) is 0 Å². The molecule has 22 heavy (non-hydrogen) atoms. The molecular formula is C19H22O2S. The lowest BCUT2D eigenvalue weighted by Gasteiger charge is -2.15. The van der Waals surface area contributed by atoms with Gasteiger partial charge in [-0.1, -0.05) is 26.0 Å². The highest BCUT2D eigenvalue weighted by Gasteiger charge is 2.18. The Morgan fingerprint density at radius 2 is 1.91 bits per heavy atom. The van der Waals surface area contributed by atoms with Gasteiger partial charge >= 0.3 is 0 Å². The minimum atomic E-state index is -0.248. The summed E-state index contributed by atoms with van der Waals surface area (Å²) in [5.74, 6) is 1.39. The van der Waals surface area contributed by atoms with E-state index in [1.54, 1.807) is 11.3 Å². The minimum absolute atomic E-state index is 0.248. The molecule has 3 heteroatoms. The van der Waals surface area contributed by atoms with Crippen molar-refractivity contribution in [2.45, 2.75) is 39.9 Å². The van der Waals surface area contributed by atoms with Crippen molar-refractivity contribution < 1.29 is 9.47 Å². The molecular weight excluding hydrogens is 292 g/mol. The van der Waals surface area contributed by atoms with E-state index in [1.807, 2.05) is 13.8 Å². The summed E-state index contributed by atoms with van der Waals surface area (Å²) in [7, 11) is 0. The number of rotatable bonds is 5. The van der Waals surface area contributed by atoms with Crippen LogP contribution in [0.15, 0.2) is 35.7 Å². The lowest BCUT2D eigenvalue weighted by Crippen LogP contribution is -2.16. The summed E-state index contributed by atoms with van der Waals surface area (Å²) >= 11 is 1.77. The molecule has 3 rings (SSSR count). The van der Waals surface area contributed by atoms with Crippen molar-refractivity contribution in [2.24, 2.45) is 0 Å². The van der Waals surface area contributed by atoms with Crippen LogP contribution in [0.25, 0.3) is 21.2 Å². The van der Waals surface area contributed by atoms with Gasteiger partial charge in [0.1, 0.15) is 5.75 Å². The Hall–Kier alpha value is -1.58. The summed E-state index contributed by atoms with van der Waals surface area (Å²) in [6.45, 7) is 9.01. The fraction of sp³-hybridized carbons (Fsp3) is 0.368. The molecule has 1 aromatic heterocycles. The maximum absolute atomic E-state index is 6.08. The number of ether oxygens (including phenoxy) is 2. The van der Waals surface area contributed by atoms with E-state index in [4.69, 9.17) is 9.47 Å². The summed E-state index contributed by atoms with van der Waals surface area (Å²) in [6, 6.07) is 11.0. The second-order valence-electron chi connectivity index (χ2n) is 5.81. The third kappa shape index (κ3) is 2.83. The Labute approximate surface area is 136 Å². The number of thiophene rings is 1. The van der Waals surface area contributed by atoms with E-state index in [-0.39, 0.29) is 6.29 Å². The Morgan fingerprint density at radius 1 is 1.09 bits per heavy atom. The first-order valence-corrected chi connectivity index (χ1v) is 8.70. The van der Waals surface area contributed by atoms with Gasteiger partial charge in [-0.3, -0.25) is 0 Å². The fourth-order valence-electron chi connectivity index (χ4n) is 2.78. The monoisotopic (exact) mass is 314 g/mol. The lowest BCUT2D eigenvalue weighted by atomic mass is 10.0. The molecule has 1 unspecified atom stereocenters. The number of hydrogen-bond acceptors (Lipinski definition) is 3. The average Bonchev–Trinajstić information content (AvgIpc) is 2.97. The third-order valence-corrected chi connectivity index (χ3v) is 4.76. The summed E-state index contributed by atoms with van der Waals surface area (Å²) in [6.07, 6.45) is -0.248. The van der Waals surface area contributed by atoms with Crippen LogP contribution in [0.2, 0.25) is 0 Å². The quantitative estimate of drug-likeness (QED) is 0.547. The van der Waals surface area contributed by atoms with E-state index >= 15 is 0 Å². The van der Waals surface area contributed by atoms with Gasteiger partial charge in [0.05, 0.1) is 0 Å². The maximum atomic E-state index is 6.08. The Bertz CT molecular complexity index is 745. The van der Waals surface area contributed by atoms with Gasteiger partial charge in [0, 0.05) is 22.3 Å². The van der Waals surface area contributed by atoms with Crippen molar-refractivity contribution in [3.63, 3.8) is 0 Å². The van der Waals surface area contributed by atoms with Crippen LogP contribution in [0.4, 0.5) is 0 Å². The first-order chi connectivity index (χ1) is 10.6. The summed E-state index contributed by atoms with van der Waals surface area (Å²) in [5.41, 5.74) is 3.76. The molecule has 0 amide bonds. The smallest absolute Gasteiger partial charge is 0.196 e. The van der Waals surface area contributed by atoms with Gasteiger partial charge < -0.3 is 9.47 Å². The molecule has 0 aliphatic heterocycles.